The van der Waals surface area contributed by atoms with Crippen LogP contribution in [0.15, 0.2) is 12.3 Å². The van der Waals surface area contributed by atoms with E-state index in [0.717, 1.165) is 6.42 Å². The molecule has 0 unspecified atom stereocenters. The predicted molar refractivity (Wildman–Crippen MR) is 68.2 cm³/mol. The Kier molecular flexibility index (Phi) is 3.93. The molecule has 0 radical (unpaired) electrons. The van der Waals surface area contributed by atoms with Gasteiger partial charge in [-0.3, -0.25) is 0 Å². The molecule has 0 aliphatic carbocycles. The fourth-order valence-electron chi connectivity index (χ4n) is 1.36. The monoisotopic (exact) mass is 237 g/mol. The molecule has 1 aromatic rings. The van der Waals surface area contributed by atoms with Crippen LogP contribution >= 0.6 is 0 Å². The highest BCUT2D eigenvalue weighted by Crippen LogP contribution is 2.22. The van der Waals surface area contributed by atoms with E-state index in [-0.39, 0.29) is 16.7 Å². The first-order valence-electron chi connectivity index (χ1n) is 5.53. The predicted octanol–water partition coefficient (Wildman–Crippen LogP) is 2.21. The lowest BCUT2D eigenvalue weighted by Gasteiger charge is -2.18. The second kappa shape index (κ2) is 5.03. The molecule has 5 nitrogen and oxygen atoms in total. The van der Waals surface area contributed by atoms with Gasteiger partial charge >= 0.3 is 5.97 Å². The minimum Gasteiger partial charge on any atom is -0.478 e. The van der Waals surface area contributed by atoms with Crippen molar-refractivity contribution in [2.45, 2.75) is 27.2 Å². The molecule has 0 aliphatic heterocycles. The molecule has 0 amide bonds. The van der Waals surface area contributed by atoms with E-state index in [4.69, 9.17) is 10.8 Å². The smallest absolute Gasteiger partial charge is 0.337 e. The van der Waals surface area contributed by atoms with Crippen molar-refractivity contribution < 1.29 is 9.90 Å². The minimum absolute atomic E-state index is 0.0817. The van der Waals surface area contributed by atoms with E-state index in [0.29, 0.717) is 12.4 Å². The van der Waals surface area contributed by atoms with Crippen LogP contribution < -0.4 is 11.1 Å². The number of aromatic carboxylic acids is 1. The van der Waals surface area contributed by atoms with Gasteiger partial charge in [-0.05, 0) is 17.9 Å². The first-order valence-corrected chi connectivity index (χ1v) is 5.53. The lowest BCUT2D eigenvalue weighted by molar-refractivity contribution is 0.0698. The summed E-state index contributed by atoms with van der Waals surface area (Å²) in [4.78, 5) is 14.9. The number of carboxylic acid groups (broad SMARTS) is 1. The molecule has 1 rings (SSSR count). The topological polar surface area (TPSA) is 88.2 Å². The van der Waals surface area contributed by atoms with Crippen LogP contribution in [0.5, 0.6) is 0 Å². The summed E-state index contributed by atoms with van der Waals surface area (Å²) >= 11 is 0. The number of hydrogen-bond donors (Lipinski definition) is 3. The van der Waals surface area contributed by atoms with Crippen LogP contribution in [0.2, 0.25) is 0 Å². The Morgan fingerprint density at radius 3 is 2.71 bits per heavy atom. The Balaban J connectivity index is 2.72. The first kappa shape index (κ1) is 13.3. The van der Waals surface area contributed by atoms with Gasteiger partial charge in [0.15, 0.2) is 0 Å². The van der Waals surface area contributed by atoms with Crippen LogP contribution in [0.25, 0.3) is 0 Å². The summed E-state index contributed by atoms with van der Waals surface area (Å²) in [6.07, 6.45) is 2.39. The Morgan fingerprint density at radius 1 is 1.53 bits per heavy atom. The van der Waals surface area contributed by atoms with Crippen molar-refractivity contribution in [2.75, 3.05) is 17.6 Å². The minimum atomic E-state index is -1.04. The van der Waals surface area contributed by atoms with E-state index < -0.39 is 5.97 Å². The number of hydrogen-bond acceptors (Lipinski definition) is 4. The maximum Gasteiger partial charge on any atom is 0.337 e. The summed E-state index contributed by atoms with van der Waals surface area (Å²) in [5.74, 6) is -0.599. The fraction of sp³-hybridized carbons (Fsp3) is 0.500. The molecule has 0 bridgehead atoms. The molecule has 0 saturated carbocycles. The normalized spacial score (nSPS) is 11.2. The number of nitrogens with two attached hydrogens (primary N) is 1. The van der Waals surface area contributed by atoms with Gasteiger partial charge in [0.25, 0.3) is 0 Å². The maximum absolute atomic E-state index is 10.9. The number of anilines is 2. The van der Waals surface area contributed by atoms with Crippen molar-refractivity contribution in [1.82, 2.24) is 4.98 Å². The van der Waals surface area contributed by atoms with Crippen molar-refractivity contribution in [3.8, 4) is 0 Å². The van der Waals surface area contributed by atoms with Crippen LogP contribution in [0.4, 0.5) is 11.5 Å². The van der Waals surface area contributed by atoms with Crippen molar-refractivity contribution >= 4 is 17.5 Å². The number of pyridine rings is 1. The van der Waals surface area contributed by atoms with Gasteiger partial charge in [0.05, 0.1) is 11.3 Å². The molecule has 4 N–H and O–H groups in total. The van der Waals surface area contributed by atoms with Crippen molar-refractivity contribution in [2.24, 2.45) is 5.41 Å². The average molecular weight is 237 g/mol. The first-order chi connectivity index (χ1) is 7.81. The van der Waals surface area contributed by atoms with E-state index >= 15 is 0 Å². The number of rotatable bonds is 4. The van der Waals surface area contributed by atoms with E-state index in [1.54, 1.807) is 0 Å². The number of nitrogens with one attached hydrogen (secondary N) is 1. The molecule has 0 fully saturated rings. The molecule has 0 aromatic carbocycles. The molecule has 0 atom stereocenters. The summed E-state index contributed by atoms with van der Waals surface area (Å²) < 4.78 is 0. The third-order valence-electron chi connectivity index (χ3n) is 2.39. The average Bonchev–Trinajstić information content (AvgIpc) is 2.18. The van der Waals surface area contributed by atoms with Gasteiger partial charge in [-0.25, -0.2) is 9.78 Å². The van der Waals surface area contributed by atoms with Crippen molar-refractivity contribution in [3.63, 3.8) is 0 Å². The highest BCUT2D eigenvalue weighted by atomic mass is 16.4. The van der Waals surface area contributed by atoms with Crippen molar-refractivity contribution in [1.29, 1.82) is 0 Å². The molecule has 17 heavy (non-hydrogen) atoms. The summed E-state index contributed by atoms with van der Waals surface area (Å²) in [7, 11) is 0. The molecule has 94 valence electrons. The van der Waals surface area contributed by atoms with Gasteiger partial charge in [0.2, 0.25) is 0 Å². The Bertz CT molecular complexity index is 411. The van der Waals surface area contributed by atoms with Crippen LogP contribution in [-0.2, 0) is 0 Å². The van der Waals surface area contributed by atoms with E-state index in [1.807, 2.05) is 0 Å². The molecule has 0 spiro atoms. The number of carbonyl (C=O) groups is 1. The molecule has 1 heterocycles. The lowest BCUT2D eigenvalue weighted by atomic mass is 9.92. The molecular weight excluding hydrogens is 218 g/mol. The largest absolute Gasteiger partial charge is 0.478 e. The number of carboxylic acids is 1. The SMILES string of the molecule is CC(C)(C)CCNc1nccc(C(=O)O)c1N. The molecule has 0 aliphatic rings. The number of nitrogens with zero attached hydrogens (tertiary/aromatic N) is 1. The summed E-state index contributed by atoms with van der Waals surface area (Å²) in [6, 6.07) is 1.40. The molecular formula is C12H19N3O2. The Morgan fingerprint density at radius 2 is 2.18 bits per heavy atom. The third-order valence-corrected chi connectivity index (χ3v) is 2.39. The quantitative estimate of drug-likeness (QED) is 0.747. The highest BCUT2D eigenvalue weighted by molar-refractivity contribution is 5.96. The summed E-state index contributed by atoms with van der Waals surface area (Å²) in [6.45, 7) is 7.13. The van der Waals surface area contributed by atoms with Crippen LogP contribution in [0.3, 0.4) is 0 Å². The van der Waals surface area contributed by atoms with E-state index in [1.165, 1.54) is 12.3 Å². The maximum atomic E-state index is 10.9. The van der Waals surface area contributed by atoms with Crippen molar-refractivity contribution in [3.05, 3.63) is 17.8 Å². The Labute approximate surface area is 101 Å². The second-order valence-electron chi connectivity index (χ2n) is 5.16. The van der Waals surface area contributed by atoms with Crippen LogP contribution in [0, 0.1) is 5.41 Å². The second-order valence-corrected chi connectivity index (χ2v) is 5.16. The lowest BCUT2D eigenvalue weighted by Crippen LogP contribution is -2.15. The van der Waals surface area contributed by atoms with E-state index in [9.17, 15) is 4.79 Å². The number of aromatic nitrogens is 1. The van der Waals surface area contributed by atoms with Gasteiger partial charge in [-0.1, -0.05) is 20.8 Å². The Hall–Kier alpha value is -1.78. The zero-order valence-electron chi connectivity index (χ0n) is 10.4. The van der Waals surface area contributed by atoms with E-state index in [2.05, 4.69) is 31.1 Å². The molecule has 0 saturated heterocycles. The van der Waals surface area contributed by atoms with Gasteiger partial charge in [-0.15, -0.1) is 0 Å². The van der Waals surface area contributed by atoms with Gasteiger partial charge in [-0.2, -0.15) is 0 Å². The highest BCUT2D eigenvalue weighted by Gasteiger charge is 2.13. The number of nitrogen functional groups attached to an aromatic ring is 1. The standard InChI is InChI=1S/C12H19N3O2/c1-12(2,3)5-7-15-10-9(13)8(11(16)17)4-6-14-10/h4,6H,5,7,13H2,1-3H3,(H,14,15)(H,16,17). The summed E-state index contributed by atoms with van der Waals surface area (Å²) in [5.41, 5.74) is 6.21. The van der Waals surface area contributed by atoms with Gasteiger partial charge in [0, 0.05) is 12.7 Å². The van der Waals surface area contributed by atoms with Gasteiger partial charge < -0.3 is 16.2 Å². The zero-order chi connectivity index (χ0) is 13.1. The fourth-order valence-corrected chi connectivity index (χ4v) is 1.36. The van der Waals surface area contributed by atoms with Gasteiger partial charge in [0.1, 0.15) is 5.82 Å². The molecule has 5 heteroatoms. The molecule has 1 aromatic heterocycles. The summed E-state index contributed by atoms with van der Waals surface area (Å²) in [5, 5.41) is 12.0. The third kappa shape index (κ3) is 3.94. The van der Waals surface area contributed by atoms with Crippen LogP contribution in [-0.4, -0.2) is 22.6 Å². The zero-order valence-corrected chi connectivity index (χ0v) is 10.4. The van der Waals surface area contributed by atoms with Crippen LogP contribution in [0.1, 0.15) is 37.6 Å².